The Morgan fingerprint density at radius 2 is 1.94 bits per heavy atom. The van der Waals surface area contributed by atoms with Crippen molar-refractivity contribution in [3.63, 3.8) is 0 Å². The highest BCUT2D eigenvalue weighted by molar-refractivity contribution is 5.74. The Morgan fingerprint density at radius 3 is 2.79 bits per heavy atom. The summed E-state index contributed by atoms with van der Waals surface area (Å²) in [7, 11) is 0. The lowest BCUT2D eigenvalue weighted by Crippen LogP contribution is -2.59. The van der Waals surface area contributed by atoms with Crippen LogP contribution in [0.4, 0.5) is 4.39 Å². The Balaban J connectivity index is 1.20. The van der Waals surface area contributed by atoms with Crippen molar-refractivity contribution in [1.29, 1.82) is 0 Å². The third-order valence-corrected chi connectivity index (χ3v) is 6.58. The summed E-state index contributed by atoms with van der Waals surface area (Å²) in [4.78, 5) is 0. The van der Waals surface area contributed by atoms with Crippen molar-refractivity contribution in [2.24, 2.45) is 0 Å². The molecule has 2 saturated heterocycles. The molecular weight excluding hydrogens is 423 g/mol. The van der Waals surface area contributed by atoms with Gasteiger partial charge in [-0.3, -0.25) is 4.40 Å². The van der Waals surface area contributed by atoms with Gasteiger partial charge in [0.05, 0.1) is 5.69 Å². The predicted molar refractivity (Wildman–Crippen MR) is 120 cm³/mol. The van der Waals surface area contributed by atoms with Crippen LogP contribution in [0, 0.1) is 0 Å². The minimum absolute atomic E-state index is 0.0920. The van der Waals surface area contributed by atoms with Crippen molar-refractivity contribution in [2.75, 3.05) is 0 Å². The molecule has 8 nitrogen and oxygen atoms in total. The van der Waals surface area contributed by atoms with Crippen molar-refractivity contribution in [1.82, 2.24) is 30.1 Å². The molecule has 5 heterocycles. The number of phenolic OH excluding ortho intramolecular Hbond substituents is 1. The van der Waals surface area contributed by atoms with E-state index >= 15 is 0 Å². The number of hydrogen-bond donors (Lipinski definition) is 2. The molecule has 2 bridgehead atoms. The number of nitrogens with one attached hydrogen (secondary N) is 1. The lowest BCUT2D eigenvalue weighted by Gasteiger charge is -2.42. The first-order chi connectivity index (χ1) is 16.1. The number of aromatic hydroxyl groups is 1. The zero-order valence-electron chi connectivity index (χ0n) is 17.8. The second-order valence-electron chi connectivity index (χ2n) is 8.74. The van der Waals surface area contributed by atoms with Crippen LogP contribution in [0.5, 0.6) is 11.6 Å². The molecule has 2 aliphatic heterocycles. The molecule has 3 aromatic heterocycles. The van der Waals surface area contributed by atoms with Gasteiger partial charge in [0.25, 0.3) is 0 Å². The first kappa shape index (κ1) is 20.0. The molecule has 0 amide bonds. The number of rotatable bonds is 4. The first-order valence-corrected chi connectivity index (χ1v) is 11.2. The molecule has 168 valence electrons. The van der Waals surface area contributed by atoms with Gasteiger partial charge >= 0.3 is 0 Å². The topological polar surface area (TPSA) is 97.5 Å². The summed E-state index contributed by atoms with van der Waals surface area (Å²) in [6, 6.07) is 12.8. The Bertz CT molecular complexity index is 1290. The predicted octanol–water partition coefficient (Wildman–Crippen LogP) is 3.56. The number of phenols is 1. The largest absolute Gasteiger partial charge is 0.507 e. The fourth-order valence-corrected chi connectivity index (χ4v) is 4.88. The molecular formula is C24H23FN6O2. The van der Waals surface area contributed by atoms with Crippen molar-refractivity contribution in [2.45, 2.75) is 50.0 Å². The van der Waals surface area contributed by atoms with E-state index in [1.165, 1.54) is 0 Å². The minimum atomic E-state index is -1.06. The van der Waals surface area contributed by atoms with E-state index in [2.05, 4.69) is 25.7 Å². The quantitative estimate of drug-likeness (QED) is 0.495. The van der Waals surface area contributed by atoms with Gasteiger partial charge in [-0.2, -0.15) is 0 Å². The van der Waals surface area contributed by atoms with Gasteiger partial charge in [0.1, 0.15) is 18.2 Å². The molecule has 2 unspecified atom stereocenters. The van der Waals surface area contributed by atoms with Crippen LogP contribution in [0.2, 0.25) is 0 Å². The summed E-state index contributed by atoms with van der Waals surface area (Å²) < 4.78 is 22.5. The SMILES string of the molecule is Oc1cc(-c2ccc3nncn3c2)ccc1-c1ccc(O[C@H]2CC3CCCC(N3)[C@H]2F)nn1. The van der Waals surface area contributed by atoms with Crippen LogP contribution in [0.15, 0.2) is 55.0 Å². The van der Waals surface area contributed by atoms with Gasteiger partial charge in [-0.05, 0) is 54.3 Å². The Morgan fingerprint density at radius 1 is 1.03 bits per heavy atom. The van der Waals surface area contributed by atoms with E-state index in [1.807, 2.05) is 28.8 Å². The lowest BCUT2D eigenvalue weighted by atomic mass is 9.84. The average molecular weight is 446 g/mol. The summed E-state index contributed by atoms with van der Waals surface area (Å²) >= 11 is 0. The van der Waals surface area contributed by atoms with Crippen molar-refractivity contribution < 1.29 is 14.2 Å². The molecule has 1 aromatic carbocycles. The molecule has 9 heteroatoms. The van der Waals surface area contributed by atoms with Gasteiger partial charge in [0.2, 0.25) is 5.88 Å². The van der Waals surface area contributed by atoms with Crippen molar-refractivity contribution in [3.8, 4) is 34.0 Å². The summed E-state index contributed by atoms with van der Waals surface area (Å²) in [5, 5.41) is 30.2. The zero-order valence-corrected chi connectivity index (χ0v) is 17.8. The summed E-state index contributed by atoms with van der Waals surface area (Å²) in [6.45, 7) is 0. The molecule has 33 heavy (non-hydrogen) atoms. The molecule has 2 aliphatic rings. The van der Waals surface area contributed by atoms with Gasteiger partial charge in [-0.15, -0.1) is 20.4 Å². The van der Waals surface area contributed by atoms with Crippen LogP contribution in [0.1, 0.15) is 25.7 Å². The fourth-order valence-electron chi connectivity index (χ4n) is 4.88. The van der Waals surface area contributed by atoms with Gasteiger partial charge in [-0.25, -0.2) is 4.39 Å². The van der Waals surface area contributed by atoms with Crippen LogP contribution >= 0.6 is 0 Å². The van der Waals surface area contributed by atoms with Crippen LogP contribution in [-0.2, 0) is 0 Å². The number of benzene rings is 1. The molecule has 0 spiro atoms. The van der Waals surface area contributed by atoms with E-state index in [0.717, 1.165) is 36.0 Å². The number of hydrogen-bond acceptors (Lipinski definition) is 7. The molecule has 6 rings (SSSR count). The minimum Gasteiger partial charge on any atom is -0.507 e. The molecule has 4 atom stereocenters. The Kier molecular flexibility index (Phi) is 4.91. The maximum absolute atomic E-state index is 14.8. The molecule has 0 aliphatic carbocycles. The molecule has 4 aromatic rings. The van der Waals surface area contributed by atoms with E-state index in [9.17, 15) is 9.50 Å². The number of aromatic nitrogens is 5. The number of nitrogens with zero attached hydrogens (tertiary/aromatic N) is 5. The van der Waals surface area contributed by atoms with E-state index in [1.54, 1.807) is 30.6 Å². The van der Waals surface area contributed by atoms with Crippen LogP contribution in [0.3, 0.4) is 0 Å². The summed E-state index contributed by atoms with van der Waals surface area (Å²) in [5.74, 6) is 0.388. The number of piperidine rings is 2. The van der Waals surface area contributed by atoms with Gasteiger partial charge in [-0.1, -0.05) is 12.5 Å². The number of halogens is 1. The van der Waals surface area contributed by atoms with Crippen LogP contribution in [-0.4, -0.2) is 54.3 Å². The number of alkyl halides is 1. The third kappa shape index (κ3) is 3.78. The van der Waals surface area contributed by atoms with Crippen molar-refractivity contribution >= 4 is 5.65 Å². The first-order valence-electron chi connectivity index (χ1n) is 11.2. The highest BCUT2D eigenvalue weighted by Crippen LogP contribution is 2.34. The highest BCUT2D eigenvalue weighted by atomic mass is 19.1. The molecule has 0 saturated carbocycles. The van der Waals surface area contributed by atoms with Gasteiger partial charge in [0, 0.05) is 36.3 Å². The lowest BCUT2D eigenvalue weighted by molar-refractivity contribution is 0.00652. The number of ether oxygens (including phenoxy) is 1. The average Bonchev–Trinajstić information content (AvgIpc) is 3.31. The number of pyridine rings is 1. The normalized spacial score (nSPS) is 24.6. The molecule has 0 radical (unpaired) electrons. The Hall–Kier alpha value is -3.59. The maximum Gasteiger partial charge on any atom is 0.233 e. The smallest absolute Gasteiger partial charge is 0.233 e. The van der Waals surface area contributed by atoms with Gasteiger partial charge in [0.15, 0.2) is 11.8 Å². The molecule has 2 N–H and O–H groups in total. The van der Waals surface area contributed by atoms with E-state index in [-0.39, 0.29) is 11.8 Å². The second kappa shape index (κ2) is 8.08. The van der Waals surface area contributed by atoms with Crippen LogP contribution < -0.4 is 10.1 Å². The number of fused-ring (bicyclic) bond motifs is 3. The van der Waals surface area contributed by atoms with E-state index < -0.39 is 12.3 Å². The highest BCUT2D eigenvalue weighted by Gasteiger charge is 2.41. The van der Waals surface area contributed by atoms with Crippen molar-refractivity contribution in [3.05, 3.63) is 55.0 Å². The fraction of sp³-hybridized carbons (Fsp3) is 0.333. The molecule has 2 fully saturated rings. The van der Waals surface area contributed by atoms with Crippen LogP contribution in [0.25, 0.3) is 28.0 Å². The van der Waals surface area contributed by atoms with E-state index in [0.29, 0.717) is 29.6 Å². The Labute approximate surface area is 189 Å². The summed E-state index contributed by atoms with van der Waals surface area (Å²) in [5.41, 5.74) is 3.60. The second-order valence-corrected chi connectivity index (χ2v) is 8.74. The monoisotopic (exact) mass is 446 g/mol. The summed E-state index contributed by atoms with van der Waals surface area (Å²) in [6.07, 6.45) is 5.54. The maximum atomic E-state index is 14.8. The third-order valence-electron chi connectivity index (χ3n) is 6.58. The zero-order chi connectivity index (χ0) is 22.4. The standard InChI is InChI=1S/C24H23FN6O2/c25-24-19-3-1-2-16(27-19)11-21(24)33-23-9-7-18(28-30-23)17-6-4-14(10-20(17)32)15-5-8-22-29-26-13-31(22)12-15/h4-10,12-13,16,19,21,24,27,32H,1-3,11H2/t16?,19?,21-,24+/m0/s1. The van der Waals surface area contributed by atoms with Gasteiger partial charge < -0.3 is 15.2 Å². The van der Waals surface area contributed by atoms with E-state index in [4.69, 9.17) is 4.74 Å².